The Bertz CT molecular complexity index is 1740. The Morgan fingerprint density at radius 1 is 1.05 bits per heavy atom. The molecule has 0 radical (unpaired) electrons. The Morgan fingerprint density at radius 3 is 2.52 bits per heavy atom. The molecule has 13 heteroatoms. The topological polar surface area (TPSA) is 123 Å². The quantitative estimate of drug-likeness (QED) is 0.150. The van der Waals surface area contributed by atoms with Gasteiger partial charge in [0.15, 0.2) is 0 Å². The van der Waals surface area contributed by atoms with Crippen LogP contribution in [-0.4, -0.2) is 27.0 Å². The maximum absolute atomic E-state index is 14.0. The molecule has 0 bridgehead atoms. The van der Waals surface area contributed by atoms with E-state index in [-0.39, 0.29) is 22.9 Å². The lowest BCUT2D eigenvalue weighted by Crippen LogP contribution is -2.32. The smallest absolute Gasteiger partial charge is 0.305 e. The Labute approximate surface area is 248 Å². The van der Waals surface area contributed by atoms with Gasteiger partial charge in [-0.1, -0.05) is 68.8 Å². The van der Waals surface area contributed by atoms with Crippen LogP contribution in [0.5, 0.6) is 5.75 Å². The fourth-order valence-electron chi connectivity index (χ4n) is 4.99. The zero-order valence-electron chi connectivity index (χ0n) is 20.2. The monoisotopic (exact) mass is 657 g/mol. The lowest BCUT2D eigenvalue weighted by atomic mass is 9.82. The van der Waals surface area contributed by atoms with Gasteiger partial charge in [-0.15, -0.1) is 0 Å². The molecule has 2 amide bonds. The van der Waals surface area contributed by atoms with E-state index in [4.69, 9.17) is 16.3 Å². The average molecular weight is 659 g/mol. The lowest BCUT2D eigenvalue weighted by molar-refractivity contribution is -0.385. The van der Waals surface area contributed by atoms with Gasteiger partial charge in [-0.05, 0) is 36.4 Å². The largest absolute Gasteiger partial charge is 0.489 e. The summed E-state index contributed by atoms with van der Waals surface area (Å²) in [5.41, 5.74) is 1.25. The number of amides is 2. The first-order valence-corrected chi connectivity index (χ1v) is 14.8. The molecule has 0 saturated carbocycles. The van der Waals surface area contributed by atoms with E-state index in [1.807, 2.05) is 6.07 Å². The molecule has 1 fully saturated rings. The number of halogens is 2. The molecule has 40 heavy (non-hydrogen) atoms. The first-order valence-electron chi connectivity index (χ1n) is 11.9. The molecular formula is C27H17BrClN3O6S2. The molecule has 6 rings (SSSR count). The van der Waals surface area contributed by atoms with E-state index in [0.717, 1.165) is 32.5 Å². The fourth-order valence-corrected chi connectivity index (χ4v) is 7.95. The van der Waals surface area contributed by atoms with E-state index < -0.39 is 33.8 Å². The number of H-pyrrole nitrogens is 1. The second-order valence-electron chi connectivity index (χ2n) is 9.10. The minimum atomic E-state index is -0.926. The number of hydrogen-bond donors (Lipinski definition) is 1. The summed E-state index contributed by atoms with van der Waals surface area (Å²) in [6.45, 7) is 0.0637. The second-order valence-corrected chi connectivity index (χ2v) is 12.6. The number of aromatic nitrogens is 1. The number of carbonyl (C=O) groups excluding carboxylic acids is 2. The molecule has 3 atom stereocenters. The number of ether oxygens (including phenoxy) is 1. The standard InChI is InChI=1S/C27H17BrClN3O6S2/c28-14-5-7-15(8-6-14)31-25(33)21-20(22-24(30-27(35)40-22)39-23(21)26(31)34)17-11-16(32(36)37)9-10-19(17)38-12-13-3-1-2-4-18(13)29/h1-11,20-21,23H,12H2,(H,30,35)/t20-,21-,23+/m0/s1. The van der Waals surface area contributed by atoms with Gasteiger partial charge in [0.25, 0.3) is 5.69 Å². The molecule has 1 saturated heterocycles. The highest BCUT2D eigenvalue weighted by atomic mass is 79.9. The third kappa shape index (κ3) is 4.64. The van der Waals surface area contributed by atoms with E-state index in [0.29, 0.717) is 31.7 Å². The number of nitrogens with zero attached hydrogens (tertiary/aromatic N) is 2. The van der Waals surface area contributed by atoms with Crippen LogP contribution in [0.1, 0.15) is 21.9 Å². The highest BCUT2D eigenvalue weighted by molar-refractivity contribution is 9.10. The molecule has 3 aromatic carbocycles. The van der Waals surface area contributed by atoms with Gasteiger partial charge in [-0.3, -0.25) is 24.5 Å². The van der Waals surface area contributed by atoms with Gasteiger partial charge in [0.05, 0.1) is 21.6 Å². The summed E-state index contributed by atoms with van der Waals surface area (Å²) in [4.78, 5) is 55.5. The van der Waals surface area contributed by atoms with E-state index in [9.17, 15) is 24.5 Å². The highest BCUT2D eigenvalue weighted by Gasteiger charge is 2.57. The number of benzene rings is 3. The molecule has 202 valence electrons. The van der Waals surface area contributed by atoms with E-state index in [2.05, 4.69) is 20.9 Å². The van der Waals surface area contributed by atoms with Crippen LogP contribution in [0, 0.1) is 16.0 Å². The van der Waals surface area contributed by atoms with Crippen molar-refractivity contribution in [1.82, 2.24) is 4.98 Å². The molecule has 4 aromatic rings. The van der Waals surface area contributed by atoms with Crippen LogP contribution < -0.4 is 14.5 Å². The minimum Gasteiger partial charge on any atom is -0.489 e. The molecule has 2 aliphatic heterocycles. The van der Waals surface area contributed by atoms with Crippen LogP contribution >= 0.6 is 50.6 Å². The Balaban J connectivity index is 1.48. The second kappa shape index (κ2) is 10.5. The van der Waals surface area contributed by atoms with E-state index in [1.165, 1.54) is 18.2 Å². The number of nitrogens with one attached hydrogen (secondary N) is 1. The molecule has 2 aliphatic rings. The van der Waals surface area contributed by atoms with Crippen molar-refractivity contribution in [2.45, 2.75) is 22.8 Å². The average Bonchev–Trinajstić information content (AvgIpc) is 3.43. The van der Waals surface area contributed by atoms with Gasteiger partial charge < -0.3 is 9.72 Å². The van der Waals surface area contributed by atoms with Crippen LogP contribution in [0.3, 0.4) is 0 Å². The van der Waals surface area contributed by atoms with Crippen molar-refractivity contribution >= 4 is 73.8 Å². The summed E-state index contributed by atoms with van der Waals surface area (Å²) < 4.78 is 6.93. The summed E-state index contributed by atoms with van der Waals surface area (Å²) in [7, 11) is 0. The van der Waals surface area contributed by atoms with Gasteiger partial charge in [0, 0.05) is 43.6 Å². The summed E-state index contributed by atoms with van der Waals surface area (Å²) in [6, 6.07) is 18.1. The summed E-state index contributed by atoms with van der Waals surface area (Å²) >= 11 is 11.7. The number of hydrogen-bond acceptors (Lipinski definition) is 8. The summed E-state index contributed by atoms with van der Waals surface area (Å²) in [5.74, 6) is -2.36. The molecule has 1 N–H and O–H groups in total. The molecular weight excluding hydrogens is 642 g/mol. The number of aromatic amines is 1. The third-order valence-electron chi connectivity index (χ3n) is 6.79. The van der Waals surface area contributed by atoms with Crippen molar-refractivity contribution in [2.75, 3.05) is 4.90 Å². The zero-order valence-corrected chi connectivity index (χ0v) is 24.2. The molecule has 0 aliphatic carbocycles. The number of thiazole rings is 1. The number of carbonyl (C=O) groups is 2. The molecule has 0 unspecified atom stereocenters. The van der Waals surface area contributed by atoms with Gasteiger partial charge >= 0.3 is 4.87 Å². The van der Waals surface area contributed by atoms with E-state index >= 15 is 0 Å². The normalized spacial score (nSPS) is 19.9. The number of anilines is 1. The number of nitro groups is 1. The third-order valence-corrected chi connectivity index (χ3v) is 10.1. The summed E-state index contributed by atoms with van der Waals surface area (Å²) in [6.07, 6.45) is 0. The van der Waals surface area contributed by atoms with Crippen molar-refractivity contribution < 1.29 is 19.2 Å². The lowest BCUT2D eigenvalue weighted by Gasteiger charge is -2.30. The Morgan fingerprint density at radius 2 is 1.80 bits per heavy atom. The predicted molar refractivity (Wildman–Crippen MR) is 155 cm³/mol. The first-order chi connectivity index (χ1) is 19.2. The van der Waals surface area contributed by atoms with Crippen LogP contribution in [0.2, 0.25) is 5.02 Å². The van der Waals surface area contributed by atoms with Crippen molar-refractivity contribution in [3.63, 3.8) is 0 Å². The maximum Gasteiger partial charge on any atom is 0.305 e. The molecule has 9 nitrogen and oxygen atoms in total. The zero-order chi connectivity index (χ0) is 28.1. The number of thioether (sulfide) groups is 1. The molecule has 0 spiro atoms. The van der Waals surface area contributed by atoms with Crippen LogP contribution in [0.25, 0.3) is 0 Å². The number of fused-ring (bicyclic) bond motifs is 2. The van der Waals surface area contributed by atoms with Crippen molar-refractivity contribution in [1.29, 1.82) is 0 Å². The Kier molecular flexibility index (Phi) is 7.03. The van der Waals surface area contributed by atoms with Crippen molar-refractivity contribution in [2.24, 2.45) is 5.92 Å². The molecule has 1 aromatic heterocycles. The number of rotatable bonds is 6. The summed E-state index contributed by atoms with van der Waals surface area (Å²) in [5, 5.41) is 11.9. The first kappa shape index (κ1) is 26.8. The van der Waals surface area contributed by atoms with Crippen LogP contribution in [0.15, 0.2) is 81.0 Å². The Hall–Kier alpha value is -3.45. The van der Waals surface area contributed by atoms with E-state index in [1.54, 1.807) is 42.5 Å². The predicted octanol–water partition coefficient (Wildman–Crippen LogP) is 6.14. The van der Waals surface area contributed by atoms with Gasteiger partial charge in [-0.25, -0.2) is 4.90 Å². The van der Waals surface area contributed by atoms with Crippen LogP contribution in [0.4, 0.5) is 11.4 Å². The number of imide groups is 1. The maximum atomic E-state index is 14.0. The van der Waals surface area contributed by atoms with Crippen molar-refractivity contribution in [3.8, 4) is 5.75 Å². The fraction of sp³-hybridized carbons (Fsp3) is 0.148. The molecule has 3 heterocycles. The SMILES string of the molecule is O=C1[C@H]2[C@H](c3cc([N+](=O)[O-])ccc3OCc3ccccc3Cl)c3sc(=O)[nH]c3S[C@H]2C(=O)N1c1ccc(Br)cc1. The number of non-ortho nitro benzene ring substituents is 1. The minimum absolute atomic E-state index is 0.0637. The highest BCUT2D eigenvalue weighted by Crippen LogP contribution is 2.55. The van der Waals surface area contributed by atoms with Crippen molar-refractivity contribution in [3.05, 3.63) is 112 Å². The van der Waals surface area contributed by atoms with Crippen LogP contribution in [-0.2, 0) is 16.2 Å². The van der Waals surface area contributed by atoms with Gasteiger partial charge in [0.1, 0.15) is 17.6 Å². The van der Waals surface area contributed by atoms with Gasteiger partial charge in [-0.2, -0.15) is 0 Å². The van der Waals surface area contributed by atoms with Gasteiger partial charge in [0.2, 0.25) is 11.8 Å². The number of nitro benzene ring substituents is 1.